The van der Waals surface area contributed by atoms with E-state index >= 15 is 0 Å². The molecule has 0 bridgehead atoms. The maximum Gasteiger partial charge on any atom is 0.307 e. The summed E-state index contributed by atoms with van der Waals surface area (Å²) in [7, 11) is 0. The highest BCUT2D eigenvalue weighted by Crippen LogP contribution is 2.07. The quantitative estimate of drug-likeness (QED) is 0.556. The topological polar surface area (TPSA) is 119 Å². The Labute approximate surface area is 107 Å². The molecule has 19 heavy (non-hydrogen) atoms. The molecule has 0 aromatic carbocycles. The normalized spacial score (nSPS) is 10.3. The first-order valence-corrected chi connectivity index (χ1v) is 5.57. The van der Waals surface area contributed by atoms with Gasteiger partial charge in [-0.25, -0.2) is 4.98 Å². The van der Waals surface area contributed by atoms with Gasteiger partial charge in [0.15, 0.2) is 0 Å². The zero-order valence-corrected chi connectivity index (χ0v) is 9.94. The molecule has 0 atom stereocenters. The summed E-state index contributed by atoms with van der Waals surface area (Å²) in [6.07, 6.45) is 6.26. The lowest BCUT2D eigenvalue weighted by Gasteiger charge is -2.03. The average Bonchev–Trinajstić information content (AvgIpc) is 3.00. The smallest absolute Gasteiger partial charge is 0.307 e. The highest BCUT2D eigenvalue weighted by molar-refractivity contribution is 5.75. The minimum absolute atomic E-state index is 0.0496. The second-order valence-corrected chi connectivity index (χ2v) is 3.79. The van der Waals surface area contributed by atoms with Crippen molar-refractivity contribution in [3.63, 3.8) is 0 Å². The van der Waals surface area contributed by atoms with E-state index in [0.29, 0.717) is 13.0 Å². The third-order valence-corrected chi connectivity index (χ3v) is 2.37. The lowest BCUT2D eigenvalue weighted by Crippen LogP contribution is -2.29. The van der Waals surface area contributed by atoms with Gasteiger partial charge in [0.05, 0.1) is 4.92 Å². The van der Waals surface area contributed by atoms with Gasteiger partial charge in [0.25, 0.3) is 0 Å². The second kappa shape index (κ2) is 5.76. The van der Waals surface area contributed by atoms with Crippen LogP contribution in [0.3, 0.4) is 0 Å². The molecule has 0 saturated heterocycles. The van der Waals surface area contributed by atoms with E-state index < -0.39 is 4.92 Å². The van der Waals surface area contributed by atoms with Crippen LogP contribution in [0, 0.1) is 10.1 Å². The molecule has 0 fully saturated rings. The fourth-order valence-corrected chi connectivity index (χ4v) is 1.49. The summed E-state index contributed by atoms with van der Waals surface area (Å²) in [6.45, 7) is 0.391. The number of rotatable bonds is 6. The molecule has 0 aliphatic carbocycles. The van der Waals surface area contributed by atoms with Crippen LogP contribution in [0.25, 0.3) is 0 Å². The Hall–Kier alpha value is -2.71. The maximum absolute atomic E-state index is 11.5. The summed E-state index contributed by atoms with van der Waals surface area (Å²) in [5, 5.41) is 16.9. The Bertz CT molecular complexity index is 562. The van der Waals surface area contributed by atoms with Gasteiger partial charge in [-0.3, -0.25) is 19.6 Å². The summed E-state index contributed by atoms with van der Waals surface area (Å²) in [5.41, 5.74) is -0.136. The van der Waals surface area contributed by atoms with E-state index in [1.54, 1.807) is 12.4 Å². The molecule has 2 N–H and O–H groups in total. The number of aromatic nitrogens is 4. The summed E-state index contributed by atoms with van der Waals surface area (Å²) in [4.78, 5) is 28.4. The summed E-state index contributed by atoms with van der Waals surface area (Å²) >= 11 is 0. The molecule has 0 aliphatic heterocycles. The Morgan fingerprint density at radius 2 is 2.42 bits per heavy atom. The molecule has 0 radical (unpaired) electrons. The number of amides is 1. The van der Waals surface area contributed by atoms with Gasteiger partial charge in [-0.15, -0.1) is 0 Å². The van der Waals surface area contributed by atoms with Crippen molar-refractivity contribution in [2.45, 2.75) is 13.0 Å². The largest absolute Gasteiger partial charge is 0.354 e. The highest BCUT2D eigenvalue weighted by Gasteiger charge is 2.10. The fourth-order valence-electron chi connectivity index (χ4n) is 1.49. The first-order chi connectivity index (χ1) is 9.15. The molecule has 0 unspecified atom stereocenters. The molecular formula is C10H12N6O3. The van der Waals surface area contributed by atoms with Gasteiger partial charge in [-0.2, -0.15) is 5.10 Å². The van der Waals surface area contributed by atoms with Gasteiger partial charge < -0.3 is 10.3 Å². The molecule has 9 nitrogen and oxygen atoms in total. The minimum atomic E-state index is -0.557. The van der Waals surface area contributed by atoms with Crippen molar-refractivity contribution in [1.29, 1.82) is 0 Å². The van der Waals surface area contributed by atoms with Crippen LogP contribution < -0.4 is 5.32 Å². The number of nitrogens with one attached hydrogen (secondary N) is 2. The average molecular weight is 264 g/mol. The van der Waals surface area contributed by atoms with Crippen LogP contribution in [0.15, 0.2) is 24.8 Å². The molecule has 2 rings (SSSR count). The number of H-pyrrole nitrogens is 1. The van der Waals surface area contributed by atoms with Crippen molar-refractivity contribution in [2.75, 3.05) is 6.54 Å². The number of nitro groups is 1. The molecule has 2 aromatic rings. The summed E-state index contributed by atoms with van der Waals surface area (Å²) in [5.74, 6) is 0.527. The fraction of sp³-hybridized carbons (Fsp3) is 0.300. The van der Waals surface area contributed by atoms with Crippen molar-refractivity contribution in [2.24, 2.45) is 0 Å². The Morgan fingerprint density at radius 3 is 3.05 bits per heavy atom. The summed E-state index contributed by atoms with van der Waals surface area (Å²) < 4.78 is 1.22. The number of carbonyl (C=O) groups is 1. The Balaban J connectivity index is 1.75. The van der Waals surface area contributed by atoms with Gasteiger partial charge >= 0.3 is 5.69 Å². The number of aromatic amines is 1. The molecule has 2 heterocycles. The molecule has 2 aromatic heterocycles. The zero-order chi connectivity index (χ0) is 13.7. The van der Waals surface area contributed by atoms with E-state index in [-0.39, 0.29) is 18.1 Å². The number of hydrogen-bond donors (Lipinski definition) is 2. The number of hydrogen-bond acceptors (Lipinski definition) is 5. The molecule has 0 aliphatic rings. The highest BCUT2D eigenvalue weighted by atomic mass is 16.6. The van der Waals surface area contributed by atoms with Crippen LogP contribution in [-0.4, -0.2) is 37.1 Å². The van der Waals surface area contributed by atoms with Gasteiger partial charge in [0.1, 0.15) is 24.8 Å². The molecule has 9 heteroatoms. The third kappa shape index (κ3) is 3.63. The van der Waals surface area contributed by atoms with Crippen LogP contribution >= 0.6 is 0 Å². The zero-order valence-electron chi connectivity index (χ0n) is 9.94. The molecular weight excluding hydrogens is 252 g/mol. The minimum Gasteiger partial charge on any atom is -0.354 e. The first kappa shape index (κ1) is 12.7. The van der Waals surface area contributed by atoms with Crippen LogP contribution in [0.1, 0.15) is 5.82 Å². The lowest BCUT2D eigenvalue weighted by atomic mass is 10.4. The second-order valence-electron chi connectivity index (χ2n) is 3.79. The van der Waals surface area contributed by atoms with Crippen LogP contribution in [-0.2, 0) is 17.8 Å². The van der Waals surface area contributed by atoms with Crippen LogP contribution in [0.5, 0.6) is 0 Å². The van der Waals surface area contributed by atoms with Crippen LogP contribution in [0.4, 0.5) is 5.69 Å². The van der Waals surface area contributed by atoms with E-state index in [2.05, 4.69) is 20.4 Å². The van der Waals surface area contributed by atoms with Crippen molar-refractivity contribution >= 4 is 11.6 Å². The monoisotopic (exact) mass is 264 g/mol. The number of nitrogens with zero attached hydrogens (tertiary/aromatic N) is 4. The van der Waals surface area contributed by atoms with Gasteiger partial charge in [-0.1, -0.05) is 0 Å². The SMILES string of the molecule is O=C(Cn1cc([N+](=O)[O-])cn1)NCCc1ncc[nH]1. The van der Waals surface area contributed by atoms with Gasteiger partial charge in [-0.05, 0) is 0 Å². The van der Waals surface area contributed by atoms with E-state index in [9.17, 15) is 14.9 Å². The van der Waals surface area contributed by atoms with Crippen LogP contribution in [0.2, 0.25) is 0 Å². The standard InChI is InChI=1S/C10H12N6O3/c17-10(13-2-1-9-11-3-4-12-9)7-15-6-8(5-14-15)16(18)19/h3-6H,1-2,7H2,(H,11,12)(H,13,17). The maximum atomic E-state index is 11.5. The predicted molar refractivity (Wildman–Crippen MR) is 64.2 cm³/mol. The van der Waals surface area contributed by atoms with E-state index in [4.69, 9.17) is 0 Å². The third-order valence-electron chi connectivity index (χ3n) is 2.37. The van der Waals surface area contributed by atoms with Crippen molar-refractivity contribution in [1.82, 2.24) is 25.1 Å². The van der Waals surface area contributed by atoms with E-state index in [1.165, 1.54) is 10.9 Å². The molecule has 100 valence electrons. The first-order valence-electron chi connectivity index (χ1n) is 5.57. The number of imidazole rings is 1. The van der Waals surface area contributed by atoms with Crippen molar-refractivity contribution in [3.8, 4) is 0 Å². The molecule has 1 amide bonds. The molecule has 0 saturated carbocycles. The van der Waals surface area contributed by atoms with Gasteiger partial charge in [0, 0.05) is 25.4 Å². The number of carbonyl (C=O) groups excluding carboxylic acids is 1. The van der Waals surface area contributed by atoms with E-state index in [1.807, 2.05) is 0 Å². The van der Waals surface area contributed by atoms with Crippen molar-refractivity contribution in [3.05, 3.63) is 40.7 Å². The van der Waals surface area contributed by atoms with Crippen molar-refractivity contribution < 1.29 is 9.72 Å². The van der Waals surface area contributed by atoms with E-state index in [0.717, 1.165) is 12.0 Å². The molecule has 0 spiro atoms. The Kier molecular flexibility index (Phi) is 3.86. The Morgan fingerprint density at radius 1 is 1.58 bits per heavy atom. The van der Waals surface area contributed by atoms with Gasteiger partial charge in [0.2, 0.25) is 5.91 Å². The summed E-state index contributed by atoms with van der Waals surface area (Å²) in [6, 6.07) is 0. The predicted octanol–water partition coefficient (Wildman–Crippen LogP) is -0.127. The lowest BCUT2D eigenvalue weighted by molar-refractivity contribution is -0.385.